The highest BCUT2D eigenvalue weighted by molar-refractivity contribution is 6.05. The van der Waals surface area contributed by atoms with Crippen molar-refractivity contribution in [1.29, 1.82) is 0 Å². The summed E-state index contributed by atoms with van der Waals surface area (Å²) in [5, 5.41) is 2.34. The molecular weight excluding hydrogens is 392 g/mol. The normalized spacial score (nSPS) is 18.5. The molecule has 0 aliphatic carbocycles. The first kappa shape index (κ1) is 21.2. The number of unbranched alkanes of at least 4 members (excludes halogenated alkanes) is 1. The van der Waals surface area contributed by atoms with Crippen LogP contribution in [0.1, 0.15) is 54.1 Å². The Morgan fingerprint density at radius 2 is 2.03 bits per heavy atom. The van der Waals surface area contributed by atoms with Crippen LogP contribution in [-0.2, 0) is 22.7 Å². The van der Waals surface area contributed by atoms with Crippen LogP contribution >= 0.6 is 0 Å². The Balaban J connectivity index is 1.52. The highest BCUT2D eigenvalue weighted by Gasteiger charge is 2.39. The zero-order valence-electron chi connectivity index (χ0n) is 18.1. The van der Waals surface area contributed by atoms with Gasteiger partial charge >= 0.3 is 0 Å². The number of carbonyl (C=O) groups is 3. The third kappa shape index (κ3) is 4.51. The number of aromatic nitrogens is 1. The van der Waals surface area contributed by atoms with Crippen molar-refractivity contribution in [3.8, 4) is 11.3 Å². The molecule has 1 saturated heterocycles. The van der Waals surface area contributed by atoms with Crippen molar-refractivity contribution in [2.24, 2.45) is 0 Å². The number of nitrogens with one attached hydrogen (secondary N) is 1. The monoisotopic (exact) mass is 420 g/mol. The van der Waals surface area contributed by atoms with E-state index in [1.54, 1.807) is 4.90 Å². The minimum Gasteiger partial charge on any atom is -0.322 e. The molecule has 7 nitrogen and oxygen atoms in total. The molecule has 0 radical (unpaired) electrons. The Morgan fingerprint density at radius 1 is 1.19 bits per heavy atom. The van der Waals surface area contributed by atoms with Gasteiger partial charge in [-0.15, -0.1) is 0 Å². The molecule has 3 heterocycles. The third-order valence-electron chi connectivity index (χ3n) is 5.99. The van der Waals surface area contributed by atoms with Gasteiger partial charge in [-0.25, -0.2) is 0 Å². The molecule has 31 heavy (non-hydrogen) atoms. The number of hydrogen-bond donors (Lipinski definition) is 1. The number of benzene rings is 1. The third-order valence-corrected chi connectivity index (χ3v) is 5.99. The van der Waals surface area contributed by atoms with Crippen LogP contribution in [0.2, 0.25) is 0 Å². The maximum Gasteiger partial charge on any atom is 0.255 e. The maximum atomic E-state index is 12.9. The Bertz CT molecular complexity index is 1020. The summed E-state index contributed by atoms with van der Waals surface area (Å²) in [6.45, 7) is 4.49. The standard InChI is InChI=1S/C24H28N4O3/c1-3-4-11-27(2)14-16-9-10-25-20(12-16)17-5-6-19-18(13-17)15-28(24(19)31)21-7-8-22(29)26-23(21)30/h5-6,9-10,12-13,21H,3-4,7-8,11,14-15H2,1-2H3,(H,26,29,30). The van der Waals surface area contributed by atoms with E-state index in [0.29, 0.717) is 18.5 Å². The molecule has 0 saturated carbocycles. The number of imide groups is 1. The number of pyridine rings is 1. The first-order valence-corrected chi connectivity index (χ1v) is 10.9. The van der Waals surface area contributed by atoms with Gasteiger partial charge in [0.15, 0.2) is 0 Å². The Kier molecular flexibility index (Phi) is 6.13. The summed E-state index contributed by atoms with van der Waals surface area (Å²) in [6, 6.07) is 9.26. The Morgan fingerprint density at radius 3 is 2.81 bits per heavy atom. The summed E-state index contributed by atoms with van der Waals surface area (Å²) >= 11 is 0. The van der Waals surface area contributed by atoms with Gasteiger partial charge in [-0.3, -0.25) is 24.7 Å². The van der Waals surface area contributed by atoms with E-state index in [4.69, 9.17) is 0 Å². The first-order valence-electron chi connectivity index (χ1n) is 10.9. The van der Waals surface area contributed by atoms with Crippen molar-refractivity contribution in [2.45, 2.75) is 51.7 Å². The second kappa shape index (κ2) is 8.98. The highest BCUT2D eigenvalue weighted by atomic mass is 16.2. The lowest BCUT2D eigenvalue weighted by Gasteiger charge is -2.29. The summed E-state index contributed by atoms with van der Waals surface area (Å²) < 4.78 is 0. The predicted molar refractivity (Wildman–Crippen MR) is 117 cm³/mol. The van der Waals surface area contributed by atoms with Crippen molar-refractivity contribution in [3.63, 3.8) is 0 Å². The van der Waals surface area contributed by atoms with Gasteiger partial charge in [0, 0.05) is 36.8 Å². The van der Waals surface area contributed by atoms with E-state index < -0.39 is 6.04 Å². The fourth-order valence-corrected chi connectivity index (χ4v) is 4.28. The summed E-state index contributed by atoms with van der Waals surface area (Å²) in [7, 11) is 2.13. The van der Waals surface area contributed by atoms with Crippen LogP contribution in [0.25, 0.3) is 11.3 Å². The van der Waals surface area contributed by atoms with Crippen LogP contribution in [0, 0.1) is 0 Å². The van der Waals surface area contributed by atoms with E-state index in [1.165, 1.54) is 18.4 Å². The van der Waals surface area contributed by atoms with Crippen LogP contribution in [0.15, 0.2) is 36.5 Å². The molecule has 1 aromatic heterocycles. The van der Waals surface area contributed by atoms with Gasteiger partial charge in [0.2, 0.25) is 11.8 Å². The fourth-order valence-electron chi connectivity index (χ4n) is 4.28. The number of nitrogens with zero attached hydrogens (tertiary/aromatic N) is 3. The van der Waals surface area contributed by atoms with Crippen molar-refractivity contribution in [2.75, 3.05) is 13.6 Å². The number of amides is 3. The summed E-state index contributed by atoms with van der Waals surface area (Å²) in [4.78, 5) is 45.0. The smallest absolute Gasteiger partial charge is 0.255 e. The average Bonchev–Trinajstić information content (AvgIpc) is 3.08. The molecule has 3 amide bonds. The molecule has 7 heteroatoms. The van der Waals surface area contributed by atoms with Crippen LogP contribution in [0.3, 0.4) is 0 Å². The topological polar surface area (TPSA) is 82.6 Å². The van der Waals surface area contributed by atoms with Crippen LogP contribution in [-0.4, -0.2) is 52.1 Å². The van der Waals surface area contributed by atoms with Crippen molar-refractivity contribution >= 4 is 17.7 Å². The minimum atomic E-state index is -0.596. The Labute approximate surface area is 182 Å². The number of carbonyl (C=O) groups excluding carboxylic acids is 3. The Hall–Kier alpha value is -3.06. The number of hydrogen-bond acceptors (Lipinski definition) is 5. The molecule has 1 N–H and O–H groups in total. The van der Waals surface area contributed by atoms with Gasteiger partial charge in [-0.2, -0.15) is 0 Å². The van der Waals surface area contributed by atoms with Gasteiger partial charge in [-0.05, 0) is 61.8 Å². The first-order chi connectivity index (χ1) is 15.0. The van der Waals surface area contributed by atoms with E-state index >= 15 is 0 Å². The van der Waals surface area contributed by atoms with Crippen LogP contribution in [0.5, 0.6) is 0 Å². The van der Waals surface area contributed by atoms with Crippen LogP contribution < -0.4 is 5.32 Å². The lowest BCUT2D eigenvalue weighted by Crippen LogP contribution is -2.52. The van der Waals surface area contributed by atoms with Crippen molar-refractivity contribution < 1.29 is 14.4 Å². The van der Waals surface area contributed by atoms with Gasteiger partial charge in [-0.1, -0.05) is 19.4 Å². The molecule has 2 aromatic rings. The molecule has 0 bridgehead atoms. The molecular formula is C24H28N4O3. The quantitative estimate of drug-likeness (QED) is 0.697. The minimum absolute atomic E-state index is 0.157. The van der Waals surface area contributed by atoms with Gasteiger partial charge < -0.3 is 9.80 Å². The van der Waals surface area contributed by atoms with Gasteiger partial charge in [0.05, 0.1) is 5.69 Å². The highest BCUT2D eigenvalue weighted by Crippen LogP contribution is 2.31. The van der Waals surface area contributed by atoms with Crippen molar-refractivity contribution in [3.05, 3.63) is 53.2 Å². The molecule has 2 aliphatic heterocycles. The maximum absolute atomic E-state index is 12.9. The lowest BCUT2D eigenvalue weighted by atomic mass is 10.0. The SMILES string of the molecule is CCCCN(C)Cc1ccnc(-c2ccc3c(c2)CN(C2CCC(=O)NC2=O)C3=O)c1. The summed E-state index contributed by atoms with van der Waals surface area (Å²) in [5.41, 5.74) is 4.53. The zero-order chi connectivity index (χ0) is 22.0. The van der Waals surface area contributed by atoms with E-state index in [9.17, 15) is 14.4 Å². The number of rotatable bonds is 7. The second-order valence-electron chi connectivity index (χ2n) is 8.41. The molecule has 2 aliphatic rings. The molecule has 0 spiro atoms. The lowest BCUT2D eigenvalue weighted by molar-refractivity contribution is -0.136. The fraction of sp³-hybridized carbons (Fsp3) is 0.417. The van der Waals surface area contributed by atoms with E-state index in [-0.39, 0.29) is 24.1 Å². The molecule has 162 valence electrons. The summed E-state index contributed by atoms with van der Waals surface area (Å²) in [5.74, 6) is -0.825. The number of fused-ring (bicyclic) bond motifs is 1. The molecule has 4 rings (SSSR count). The molecule has 1 atom stereocenters. The predicted octanol–water partition coefficient (Wildman–Crippen LogP) is 2.74. The zero-order valence-corrected chi connectivity index (χ0v) is 18.1. The van der Waals surface area contributed by atoms with E-state index in [2.05, 4.69) is 35.2 Å². The molecule has 1 fully saturated rings. The summed E-state index contributed by atoms with van der Waals surface area (Å²) in [6.07, 6.45) is 4.80. The van der Waals surface area contributed by atoms with Crippen LogP contribution in [0.4, 0.5) is 0 Å². The number of piperidine rings is 1. The molecule has 1 aromatic carbocycles. The van der Waals surface area contributed by atoms with Crippen molar-refractivity contribution in [1.82, 2.24) is 20.1 Å². The van der Waals surface area contributed by atoms with E-state index in [0.717, 1.165) is 29.9 Å². The largest absolute Gasteiger partial charge is 0.322 e. The van der Waals surface area contributed by atoms with Gasteiger partial charge in [0.1, 0.15) is 6.04 Å². The molecule has 1 unspecified atom stereocenters. The van der Waals surface area contributed by atoms with E-state index in [1.807, 2.05) is 30.5 Å². The second-order valence-corrected chi connectivity index (χ2v) is 8.41. The van der Waals surface area contributed by atoms with Gasteiger partial charge in [0.25, 0.3) is 5.91 Å². The average molecular weight is 421 g/mol.